The van der Waals surface area contributed by atoms with E-state index in [1.165, 1.54) is 5.06 Å². The zero-order valence-corrected chi connectivity index (χ0v) is 11.7. The van der Waals surface area contributed by atoms with Crippen LogP contribution in [0.2, 0.25) is 0 Å². The molecule has 2 amide bonds. The first kappa shape index (κ1) is 12.4. The monoisotopic (exact) mass is 284 g/mol. The maximum absolute atomic E-state index is 12.5. The van der Waals surface area contributed by atoms with Crippen LogP contribution in [0.1, 0.15) is 35.8 Å². The predicted molar refractivity (Wildman–Crippen MR) is 74.9 cm³/mol. The number of hydrogen-bond acceptors (Lipinski definition) is 3. The topological polar surface area (TPSA) is 61.5 Å². The van der Waals surface area contributed by atoms with Crippen LogP contribution < -0.4 is 0 Å². The highest BCUT2D eigenvalue weighted by molar-refractivity contribution is 5.78. The number of amides is 2. The molecule has 6 heteroatoms. The van der Waals surface area contributed by atoms with Gasteiger partial charge in [0.15, 0.2) is 0 Å². The Kier molecular flexibility index (Phi) is 2.71. The molecule has 1 unspecified atom stereocenters. The third-order valence-corrected chi connectivity index (χ3v) is 4.24. The lowest BCUT2D eigenvalue weighted by Gasteiger charge is -2.26. The van der Waals surface area contributed by atoms with E-state index in [-0.39, 0.29) is 18.1 Å². The van der Waals surface area contributed by atoms with Crippen LogP contribution in [-0.4, -0.2) is 32.7 Å². The van der Waals surface area contributed by atoms with Crippen LogP contribution >= 0.6 is 0 Å². The Morgan fingerprint density at radius 3 is 3.00 bits per heavy atom. The van der Waals surface area contributed by atoms with Crippen molar-refractivity contribution in [2.75, 3.05) is 6.54 Å². The van der Waals surface area contributed by atoms with Crippen LogP contribution in [0.15, 0.2) is 36.5 Å². The average molecular weight is 284 g/mol. The third-order valence-electron chi connectivity index (χ3n) is 4.24. The summed E-state index contributed by atoms with van der Waals surface area (Å²) in [4.78, 5) is 20.1. The number of rotatable bonds is 3. The number of hydroxylamine groups is 2. The van der Waals surface area contributed by atoms with Crippen LogP contribution in [0.25, 0.3) is 0 Å². The van der Waals surface area contributed by atoms with E-state index in [4.69, 9.17) is 4.84 Å². The molecule has 0 saturated carbocycles. The molecular formula is C15H16N4O2. The summed E-state index contributed by atoms with van der Waals surface area (Å²) in [6, 6.07) is 9.71. The van der Waals surface area contributed by atoms with Gasteiger partial charge in [0.1, 0.15) is 12.6 Å². The molecule has 6 nitrogen and oxygen atoms in total. The smallest absolute Gasteiger partial charge is 0.312 e. The van der Waals surface area contributed by atoms with E-state index < -0.39 is 0 Å². The molecule has 3 heterocycles. The number of aromatic amines is 1. The minimum atomic E-state index is -0.0776. The molecule has 2 aromatic rings. The Bertz CT molecular complexity index is 669. The molecular weight excluding hydrogens is 268 g/mol. The van der Waals surface area contributed by atoms with E-state index in [0.717, 1.165) is 16.8 Å². The molecule has 1 N–H and O–H groups in total. The lowest BCUT2D eigenvalue weighted by molar-refractivity contribution is -0.141. The van der Waals surface area contributed by atoms with Crippen molar-refractivity contribution < 1.29 is 9.63 Å². The van der Waals surface area contributed by atoms with Crippen LogP contribution in [0.5, 0.6) is 0 Å². The number of urea groups is 1. The Morgan fingerprint density at radius 1 is 1.38 bits per heavy atom. The standard InChI is InChI=1S/C15H16N4O2/c1-10-14-12(7-16-17-14)13-8-18(10)15(20)19(13)21-9-11-5-3-2-4-6-11/h2-7,10,13H,8-9H2,1H3,(H,16,17)/t10-,13?/m1/s1. The maximum atomic E-state index is 12.5. The highest BCUT2D eigenvalue weighted by atomic mass is 16.7. The van der Waals surface area contributed by atoms with E-state index in [0.29, 0.717) is 13.2 Å². The van der Waals surface area contributed by atoms with Gasteiger partial charge in [0.25, 0.3) is 0 Å². The first-order valence-corrected chi connectivity index (χ1v) is 7.05. The van der Waals surface area contributed by atoms with Crippen molar-refractivity contribution in [1.82, 2.24) is 20.2 Å². The summed E-state index contributed by atoms with van der Waals surface area (Å²) in [6.45, 7) is 3.05. The van der Waals surface area contributed by atoms with Gasteiger partial charge in [-0.2, -0.15) is 10.2 Å². The van der Waals surface area contributed by atoms with Crippen molar-refractivity contribution in [1.29, 1.82) is 0 Å². The zero-order valence-electron chi connectivity index (χ0n) is 11.7. The predicted octanol–water partition coefficient (Wildman–Crippen LogP) is 2.39. The SMILES string of the molecule is C[C@@H]1c2[nH]ncc2C2CN1C(=O)N2OCc1ccccc1. The molecule has 4 rings (SSSR count). The quantitative estimate of drug-likeness (QED) is 0.941. The number of nitrogens with zero attached hydrogens (tertiary/aromatic N) is 3. The molecule has 2 atom stereocenters. The highest BCUT2D eigenvalue weighted by Gasteiger charge is 2.48. The summed E-state index contributed by atoms with van der Waals surface area (Å²) in [5.41, 5.74) is 3.10. The van der Waals surface area contributed by atoms with Gasteiger partial charge in [-0.1, -0.05) is 30.3 Å². The van der Waals surface area contributed by atoms with Gasteiger partial charge in [-0.15, -0.1) is 0 Å². The number of aromatic nitrogens is 2. The molecule has 0 spiro atoms. The largest absolute Gasteiger partial charge is 0.345 e. The number of hydrogen-bond donors (Lipinski definition) is 1. The van der Waals surface area contributed by atoms with Crippen LogP contribution in [0.4, 0.5) is 4.79 Å². The van der Waals surface area contributed by atoms with Gasteiger partial charge in [-0.3, -0.25) is 9.94 Å². The van der Waals surface area contributed by atoms with Crippen molar-refractivity contribution in [3.63, 3.8) is 0 Å². The fourth-order valence-corrected chi connectivity index (χ4v) is 3.07. The van der Waals surface area contributed by atoms with Crippen molar-refractivity contribution in [3.8, 4) is 0 Å². The minimum absolute atomic E-state index is 0.0107. The van der Waals surface area contributed by atoms with E-state index >= 15 is 0 Å². The zero-order chi connectivity index (χ0) is 14.4. The molecule has 1 fully saturated rings. The van der Waals surface area contributed by atoms with Crippen LogP contribution in [-0.2, 0) is 11.4 Å². The summed E-state index contributed by atoms with van der Waals surface area (Å²) in [7, 11) is 0. The van der Waals surface area contributed by atoms with Gasteiger partial charge in [-0.25, -0.2) is 4.79 Å². The second kappa shape index (κ2) is 4.60. The van der Waals surface area contributed by atoms with E-state index in [2.05, 4.69) is 10.2 Å². The van der Waals surface area contributed by atoms with Crippen LogP contribution in [0.3, 0.4) is 0 Å². The van der Waals surface area contributed by atoms with Gasteiger partial charge in [0.2, 0.25) is 0 Å². The van der Waals surface area contributed by atoms with Crippen molar-refractivity contribution in [2.24, 2.45) is 0 Å². The average Bonchev–Trinajstić information content (AvgIpc) is 3.09. The lowest BCUT2D eigenvalue weighted by Crippen LogP contribution is -2.32. The Hall–Kier alpha value is -2.34. The third kappa shape index (κ3) is 1.83. The molecule has 108 valence electrons. The fourth-order valence-electron chi connectivity index (χ4n) is 3.07. The van der Waals surface area contributed by atoms with E-state index in [9.17, 15) is 4.79 Å². The van der Waals surface area contributed by atoms with Crippen molar-refractivity contribution in [2.45, 2.75) is 25.6 Å². The summed E-state index contributed by atoms with van der Waals surface area (Å²) >= 11 is 0. The Morgan fingerprint density at radius 2 is 2.19 bits per heavy atom. The van der Waals surface area contributed by atoms with Gasteiger partial charge in [0, 0.05) is 5.56 Å². The number of carbonyl (C=O) groups excluding carboxylic acids is 1. The second-order valence-corrected chi connectivity index (χ2v) is 5.45. The summed E-state index contributed by atoms with van der Waals surface area (Å²) in [6.07, 6.45) is 1.80. The van der Waals surface area contributed by atoms with Crippen molar-refractivity contribution in [3.05, 3.63) is 53.3 Å². The number of carbonyl (C=O) groups is 1. The number of benzene rings is 1. The second-order valence-electron chi connectivity index (χ2n) is 5.45. The van der Waals surface area contributed by atoms with Crippen LogP contribution in [0, 0.1) is 0 Å². The highest BCUT2D eigenvalue weighted by Crippen LogP contribution is 2.42. The molecule has 1 saturated heterocycles. The fraction of sp³-hybridized carbons (Fsp3) is 0.333. The van der Waals surface area contributed by atoms with Gasteiger partial charge in [-0.05, 0) is 12.5 Å². The first-order chi connectivity index (χ1) is 10.3. The summed E-state index contributed by atoms with van der Waals surface area (Å²) < 4.78 is 0. The summed E-state index contributed by atoms with van der Waals surface area (Å²) in [5, 5.41) is 8.59. The normalized spacial score (nSPS) is 23.6. The van der Waals surface area contributed by atoms with Gasteiger partial charge in [0.05, 0.1) is 24.5 Å². The number of fused-ring (bicyclic) bond motifs is 4. The maximum Gasteiger partial charge on any atom is 0.345 e. The molecule has 0 aliphatic carbocycles. The minimum Gasteiger partial charge on any atom is -0.312 e. The molecule has 2 bridgehead atoms. The lowest BCUT2D eigenvalue weighted by atomic mass is 10.00. The molecule has 0 radical (unpaired) electrons. The molecule has 2 aliphatic rings. The molecule has 21 heavy (non-hydrogen) atoms. The van der Waals surface area contributed by atoms with Crippen molar-refractivity contribution >= 4 is 6.03 Å². The van der Waals surface area contributed by atoms with E-state index in [1.54, 1.807) is 6.20 Å². The number of H-pyrrole nitrogens is 1. The molecule has 1 aromatic carbocycles. The first-order valence-electron chi connectivity index (χ1n) is 7.05. The summed E-state index contributed by atoms with van der Waals surface area (Å²) in [5.74, 6) is 0. The molecule has 1 aromatic heterocycles. The van der Waals surface area contributed by atoms with E-state index in [1.807, 2.05) is 42.2 Å². The van der Waals surface area contributed by atoms with Gasteiger partial charge < -0.3 is 4.90 Å². The van der Waals surface area contributed by atoms with Gasteiger partial charge >= 0.3 is 6.03 Å². The molecule has 2 aliphatic heterocycles. The Labute approximate surface area is 122 Å². The number of nitrogens with one attached hydrogen (secondary N) is 1. The Balaban J connectivity index is 1.58.